The zero-order valence-electron chi connectivity index (χ0n) is 11.8. The number of nitro benzene ring substituents is 1. The van der Waals surface area contributed by atoms with Crippen LogP contribution in [0.4, 0.5) is 5.69 Å². The lowest BCUT2D eigenvalue weighted by Crippen LogP contribution is -2.04. The van der Waals surface area contributed by atoms with Gasteiger partial charge in [-0.05, 0) is 37.5 Å². The summed E-state index contributed by atoms with van der Waals surface area (Å²) in [6.45, 7) is 5.56. The first-order valence-electron chi connectivity index (χ1n) is 6.40. The molecule has 2 aromatic rings. The van der Waals surface area contributed by atoms with Crippen LogP contribution in [0, 0.1) is 30.9 Å². The van der Waals surface area contributed by atoms with Gasteiger partial charge in [-0.3, -0.25) is 10.1 Å². The van der Waals surface area contributed by atoms with Crippen LogP contribution >= 0.6 is 0 Å². The second-order valence-corrected chi connectivity index (χ2v) is 5.07. The fraction of sp³-hybridized carbons (Fsp3) is 0.250. The van der Waals surface area contributed by atoms with E-state index in [1.807, 2.05) is 32.0 Å². The monoisotopic (exact) mass is 271 g/mol. The van der Waals surface area contributed by atoms with Gasteiger partial charge in [-0.15, -0.1) is 0 Å². The van der Waals surface area contributed by atoms with Crippen LogP contribution in [0.2, 0.25) is 0 Å². The molecule has 0 saturated heterocycles. The molecule has 0 aliphatic heterocycles. The van der Waals surface area contributed by atoms with Gasteiger partial charge in [0.1, 0.15) is 6.10 Å². The molecule has 0 radical (unpaired) electrons. The quantitative estimate of drug-likeness (QED) is 0.685. The maximum atomic E-state index is 11.0. The zero-order chi connectivity index (χ0) is 14.9. The Labute approximate surface area is 117 Å². The van der Waals surface area contributed by atoms with Crippen LogP contribution in [0.25, 0.3) is 0 Å². The molecule has 0 fully saturated rings. The highest BCUT2D eigenvalue weighted by atomic mass is 16.6. The van der Waals surface area contributed by atoms with E-state index in [0.29, 0.717) is 11.1 Å². The first-order valence-corrected chi connectivity index (χ1v) is 6.40. The molecule has 4 heteroatoms. The Balaban J connectivity index is 2.48. The molecule has 1 atom stereocenters. The van der Waals surface area contributed by atoms with Crippen LogP contribution in [-0.2, 0) is 0 Å². The van der Waals surface area contributed by atoms with Gasteiger partial charge in [-0.25, -0.2) is 0 Å². The molecule has 104 valence electrons. The number of aliphatic hydroxyl groups excluding tert-OH is 1. The van der Waals surface area contributed by atoms with Crippen LogP contribution < -0.4 is 0 Å². The van der Waals surface area contributed by atoms with Gasteiger partial charge in [0.25, 0.3) is 5.69 Å². The van der Waals surface area contributed by atoms with E-state index in [2.05, 4.69) is 0 Å². The smallest absolute Gasteiger partial charge is 0.272 e. The minimum atomic E-state index is -0.853. The van der Waals surface area contributed by atoms with Gasteiger partial charge in [0.15, 0.2) is 0 Å². The van der Waals surface area contributed by atoms with Gasteiger partial charge in [-0.2, -0.15) is 0 Å². The van der Waals surface area contributed by atoms with Crippen molar-refractivity contribution in [1.82, 2.24) is 0 Å². The average Bonchev–Trinajstić information content (AvgIpc) is 2.41. The maximum absolute atomic E-state index is 11.0. The highest BCUT2D eigenvalue weighted by Gasteiger charge is 2.18. The number of nitro groups is 1. The fourth-order valence-corrected chi connectivity index (χ4v) is 2.23. The standard InChI is InChI=1S/C16H17NO3/c1-10-4-5-11(2)14(8-10)16(18)13-7-6-12(3)15(9-13)17(19)20/h4-9,16,18H,1-3H3/t16-/m1/s1. The highest BCUT2D eigenvalue weighted by Crippen LogP contribution is 2.29. The van der Waals surface area contributed by atoms with Gasteiger partial charge in [0.2, 0.25) is 0 Å². The summed E-state index contributed by atoms with van der Waals surface area (Å²) in [7, 11) is 0. The van der Waals surface area contributed by atoms with Crippen molar-refractivity contribution in [3.63, 3.8) is 0 Å². The molecule has 1 N–H and O–H groups in total. The van der Waals surface area contributed by atoms with Gasteiger partial charge in [0, 0.05) is 11.6 Å². The Hall–Kier alpha value is -2.20. The minimum Gasteiger partial charge on any atom is -0.384 e. The summed E-state index contributed by atoms with van der Waals surface area (Å²) in [6, 6.07) is 10.7. The van der Waals surface area contributed by atoms with Crippen molar-refractivity contribution in [3.05, 3.63) is 74.3 Å². The van der Waals surface area contributed by atoms with Crippen LogP contribution in [0.5, 0.6) is 0 Å². The summed E-state index contributed by atoms with van der Waals surface area (Å²) < 4.78 is 0. The molecule has 0 aliphatic rings. The third-order valence-corrected chi connectivity index (χ3v) is 3.47. The van der Waals surface area contributed by atoms with Crippen LogP contribution in [0.3, 0.4) is 0 Å². The summed E-state index contributed by atoms with van der Waals surface area (Å²) in [5, 5.41) is 21.4. The first kappa shape index (κ1) is 14.2. The van der Waals surface area contributed by atoms with E-state index < -0.39 is 11.0 Å². The Kier molecular flexibility index (Phi) is 3.86. The Morgan fingerprint density at radius 1 is 1.05 bits per heavy atom. The molecule has 0 unspecified atom stereocenters. The molecule has 2 aromatic carbocycles. The lowest BCUT2D eigenvalue weighted by atomic mass is 9.95. The van der Waals surface area contributed by atoms with E-state index in [1.165, 1.54) is 6.07 Å². The Bertz CT molecular complexity index is 665. The van der Waals surface area contributed by atoms with E-state index in [0.717, 1.165) is 16.7 Å². The highest BCUT2D eigenvalue weighted by molar-refractivity contribution is 5.46. The van der Waals surface area contributed by atoms with E-state index >= 15 is 0 Å². The van der Waals surface area contributed by atoms with Crippen molar-refractivity contribution in [2.24, 2.45) is 0 Å². The zero-order valence-corrected chi connectivity index (χ0v) is 11.8. The molecular weight excluding hydrogens is 254 g/mol. The van der Waals surface area contributed by atoms with E-state index in [1.54, 1.807) is 19.1 Å². The van der Waals surface area contributed by atoms with Crippen molar-refractivity contribution in [2.45, 2.75) is 26.9 Å². The third kappa shape index (κ3) is 2.70. The summed E-state index contributed by atoms with van der Waals surface area (Å²) in [4.78, 5) is 10.6. The van der Waals surface area contributed by atoms with Crippen LogP contribution in [0.15, 0.2) is 36.4 Å². The van der Waals surface area contributed by atoms with Crippen molar-refractivity contribution in [2.75, 3.05) is 0 Å². The number of hydrogen-bond acceptors (Lipinski definition) is 3. The van der Waals surface area contributed by atoms with Crippen LogP contribution in [0.1, 0.15) is 33.9 Å². The molecule has 4 nitrogen and oxygen atoms in total. The molecule has 0 bridgehead atoms. The lowest BCUT2D eigenvalue weighted by molar-refractivity contribution is -0.385. The Morgan fingerprint density at radius 3 is 2.35 bits per heavy atom. The molecule has 0 saturated carbocycles. The Morgan fingerprint density at radius 2 is 1.70 bits per heavy atom. The first-order chi connectivity index (χ1) is 9.40. The lowest BCUT2D eigenvalue weighted by Gasteiger charge is -2.15. The van der Waals surface area contributed by atoms with Gasteiger partial charge < -0.3 is 5.11 Å². The maximum Gasteiger partial charge on any atom is 0.272 e. The predicted octanol–water partition coefficient (Wildman–Crippen LogP) is 3.60. The van der Waals surface area contributed by atoms with Gasteiger partial charge in [0.05, 0.1) is 4.92 Å². The summed E-state index contributed by atoms with van der Waals surface area (Å²) in [5.74, 6) is 0. The summed E-state index contributed by atoms with van der Waals surface area (Å²) >= 11 is 0. The van der Waals surface area contributed by atoms with E-state index in [-0.39, 0.29) is 5.69 Å². The molecular formula is C16H17NO3. The fourth-order valence-electron chi connectivity index (χ4n) is 2.23. The minimum absolute atomic E-state index is 0.0341. The number of aryl methyl sites for hydroxylation is 3. The SMILES string of the molecule is Cc1ccc(C)c([C@H](O)c2ccc(C)c([N+](=O)[O-])c2)c1. The molecule has 0 aromatic heterocycles. The van der Waals surface area contributed by atoms with Gasteiger partial charge in [-0.1, -0.05) is 35.9 Å². The topological polar surface area (TPSA) is 63.4 Å². The third-order valence-electron chi connectivity index (χ3n) is 3.47. The van der Waals surface area contributed by atoms with Crippen molar-refractivity contribution in [1.29, 1.82) is 0 Å². The number of hydrogen-bond donors (Lipinski definition) is 1. The summed E-state index contributed by atoms with van der Waals surface area (Å²) in [5.41, 5.74) is 3.95. The number of benzene rings is 2. The molecule has 20 heavy (non-hydrogen) atoms. The van der Waals surface area contributed by atoms with Gasteiger partial charge >= 0.3 is 0 Å². The molecule has 0 aliphatic carbocycles. The molecule has 0 heterocycles. The van der Waals surface area contributed by atoms with E-state index in [9.17, 15) is 15.2 Å². The second kappa shape index (κ2) is 5.43. The van der Waals surface area contributed by atoms with Crippen LogP contribution in [-0.4, -0.2) is 10.0 Å². The van der Waals surface area contributed by atoms with Crippen molar-refractivity contribution < 1.29 is 10.0 Å². The van der Waals surface area contributed by atoms with Crippen molar-refractivity contribution in [3.8, 4) is 0 Å². The number of rotatable bonds is 3. The molecule has 0 spiro atoms. The summed E-state index contributed by atoms with van der Waals surface area (Å²) in [6.07, 6.45) is -0.853. The van der Waals surface area contributed by atoms with Crippen molar-refractivity contribution >= 4 is 5.69 Å². The van der Waals surface area contributed by atoms with E-state index in [4.69, 9.17) is 0 Å². The largest absolute Gasteiger partial charge is 0.384 e. The number of nitrogens with zero attached hydrogens (tertiary/aromatic N) is 1. The number of aliphatic hydroxyl groups is 1. The molecule has 2 rings (SSSR count). The second-order valence-electron chi connectivity index (χ2n) is 5.07. The normalized spacial score (nSPS) is 12.2. The predicted molar refractivity (Wildman–Crippen MR) is 77.8 cm³/mol. The molecule has 0 amide bonds. The average molecular weight is 271 g/mol.